The van der Waals surface area contributed by atoms with E-state index >= 15 is 0 Å². The molecule has 0 spiro atoms. The van der Waals surface area contributed by atoms with Gasteiger partial charge >= 0.3 is 0 Å². The summed E-state index contributed by atoms with van der Waals surface area (Å²) in [5.41, 5.74) is 5.33. The molecule has 2 N–H and O–H groups in total. The Kier molecular flexibility index (Phi) is 5.56. The van der Waals surface area contributed by atoms with Gasteiger partial charge in [0.1, 0.15) is 5.75 Å². The maximum Gasteiger partial charge on any atom is 0.243 e. The number of anilines is 1. The molecule has 136 valence electrons. The summed E-state index contributed by atoms with van der Waals surface area (Å²) in [6, 6.07) is 15.5. The van der Waals surface area contributed by atoms with Gasteiger partial charge in [0.25, 0.3) is 0 Å². The molecule has 5 nitrogen and oxygen atoms in total. The molecule has 2 atom stereocenters. The molecule has 0 aromatic heterocycles. The minimum Gasteiger partial charge on any atom is -0.507 e. The van der Waals surface area contributed by atoms with Crippen LogP contribution in [0.3, 0.4) is 0 Å². The highest BCUT2D eigenvalue weighted by Gasteiger charge is 2.43. The van der Waals surface area contributed by atoms with Crippen molar-refractivity contribution in [2.75, 3.05) is 18.0 Å². The molecule has 1 saturated carbocycles. The Labute approximate surface area is 154 Å². The smallest absolute Gasteiger partial charge is 0.243 e. The summed E-state index contributed by atoms with van der Waals surface area (Å²) >= 11 is 0. The van der Waals surface area contributed by atoms with E-state index in [1.165, 1.54) is 11.8 Å². The van der Waals surface area contributed by atoms with E-state index in [4.69, 9.17) is 0 Å². The number of aromatic hydroxyl groups is 1. The Balaban J connectivity index is 1.56. The van der Waals surface area contributed by atoms with Crippen LogP contribution in [0.15, 0.2) is 53.6 Å². The lowest BCUT2D eigenvalue weighted by molar-refractivity contribution is -0.122. The van der Waals surface area contributed by atoms with Gasteiger partial charge in [-0.25, -0.2) is 5.43 Å². The summed E-state index contributed by atoms with van der Waals surface area (Å²) in [5, 5.41) is 14.2. The Morgan fingerprint density at radius 3 is 2.62 bits per heavy atom. The number of nitrogens with one attached hydrogen (secondary N) is 1. The minimum atomic E-state index is -0.0747. The molecule has 1 aliphatic rings. The number of amides is 1. The molecular formula is C21H25N3O2. The highest BCUT2D eigenvalue weighted by atomic mass is 16.3. The Morgan fingerprint density at radius 2 is 1.96 bits per heavy atom. The van der Waals surface area contributed by atoms with Crippen LogP contribution >= 0.6 is 0 Å². The summed E-state index contributed by atoms with van der Waals surface area (Å²) in [6.07, 6.45) is 2.34. The maximum absolute atomic E-state index is 12.2. The quantitative estimate of drug-likeness (QED) is 0.593. The van der Waals surface area contributed by atoms with E-state index in [2.05, 4.69) is 41.4 Å². The number of carbonyl (C=O) groups excluding carboxylic acids is 1. The van der Waals surface area contributed by atoms with Crippen molar-refractivity contribution in [1.29, 1.82) is 0 Å². The molecule has 1 aliphatic carbocycles. The average molecular weight is 351 g/mol. The summed E-state index contributed by atoms with van der Waals surface area (Å²) in [7, 11) is 0. The number of rotatable bonds is 7. The van der Waals surface area contributed by atoms with Crippen LogP contribution in [0.1, 0.15) is 37.3 Å². The molecular weight excluding hydrogens is 326 g/mol. The number of hydrazone groups is 1. The number of phenols is 1. The monoisotopic (exact) mass is 351 g/mol. The van der Waals surface area contributed by atoms with Gasteiger partial charge in [0, 0.05) is 36.3 Å². The van der Waals surface area contributed by atoms with Crippen molar-refractivity contribution in [1.82, 2.24) is 5.43 Å². The van der Waals surface area contributed by atoms with E-state index in [0.29, 0.717) is 5.56 Å². The zero-order valence-corrected chi connectivity index (χ0v) is 15.2. The Hall–Kier alpha value is -2.82. The number of carbonyl (C=O) groups is 1. The maximum atomic E-state index is 12.2. The molecule has 1 amide bonds. The minimum absolute atomic E-state index is 0.0202. The zero-order valence-electron chi connectivity index (χ0n) is 15.2. The lowest BCUT2D eigenvalue weighted by Gasteiger charge is -2.21. The van der Waals surface area contributed by atoms with Crippen LogP contribution in [-0.2, 0) is 4.79 Å². The van der Waals surface area contributed by atoms with Gasteiger partial charge < -0.3 is 10.0 Å². The van der Waals surface area contributed by atoms with Crippen LogP contribution in [0.4, 0.5) is 5.69 Å². The fourth-order valence-electron chi connectivity index (χ4n) is 3.23. The van der Waals surface area contributed by atoms with E-state index in [9.17, 15) is 9.90 Å². The SMILES string of the molecule is CCN(CC)c1ccc(C=NNC(=O)[C@@H]2C[C@H]2c2ccccc2)c(O)c1. The van der Waals surface area contributed by atoms with Gasteiger partial charge in [0.15, 0.2) is 0 Å². The van der Waals surface area contributed by atoms with E-state index in [0.717, 1.165) is 25.2 Å². The molecule has 0 radical (unpaired) electrons. The molecule has 2 aromatic rings. The molecule has 3 rings (SSSR count). The standard InChI is InChI=1S/C21H25N3O2/c1-3-24(4-2)17-11-10-16(20(25)12-17)14-22-23-21(26)19-13-18(19)15-8-6-5-7-9-15/h5-12,14,18-19,25H,3-4,13H2,1-2H3,(H,23,26)/t18-,19+/m0/s1. The van der Waals surface area contributed by atoms with Crippen LogP contribution in [0.5, 0.6) is 5.75 Å². The number of benzene rings is 2. The average Bonchev–Trinajstić information content (AvgIpc) is 3.46. The van der Waals surface area contributed by atoms with E-state index in [1.54, 1.807) is 6.07 Å². The Bertz CT molecular complexity index is 785. The van der Waals surface area contributed by atoms with Crippen molar-refractivity contribution in [3.8, 4) is 5.75 Å². The lowest BCUT2D eigenvalue weighted by Crippen LogP contribution is -2.21. The molecule has 2 aromatic carbocycles. The highest BCUT2D eigenvalue weighted by Crippen LogP contribution is 2.47. The third-order valence-corrected chi connectivity index (χ3v) is 4.88. The second-order valence-corrected chi connectivity index (χ2v) is 6.51. The third kappa shape index (κ3) is 4.04. The first kappa shape index (κ1) is 18.0. The second-order valence-electron chi connectivity index (χ2n) is 6.51. The summed E-state index contributed by atoms with van der Waals surface area (Å²) in [5.74, 6) is 0.344. The number of hydrogen-bond acceptors (Lipinski definition) is 4. The predicted molar refractivity (Wildman–Crippen MR) is 105 cm³/mol. The summed E-state index contributed by atoms with van der Waals surface area (Å²) < 4.78 is 0. The fourth-order valence-corrected chi connectivity index (χ4v) is 3.23. The zero-order chi connectivity index (χ0) is 18.5. The van der Waals surface area contributed by atoms with Crippen LogP contribution < -0.4 is 10.3 Å². The van der Waals surface area contributed by atoms with Gasteiger partial charge in [-0.05, 0) is 43.9 Å². The first-order valence-corrected chi connectivity index (χ1v) is 9.09. The summed E-state index contributed by atoms with van der Waals surface area (Å²) in [6.45, 7) is 5.91. The number of nitrogens with zero attached hydrogens (tertiary/aromatic N) is 2. The molecule has 0 heterocycles. The molecule has 0 saturated heterocycles. The van der Waals surface area contributed by atoms with Gasteiger partial charge in [-0.2, -0.15) is 5.10 Å². The number of hydrogen-bond donors (Lipinski definition) is 2. The van der Waals surface area contributed by atoms with Crippen molar-refractivity contribution in [3.63, 3.8) is 0 Å². The largest absolute Gasteiger partial charge is 0.507 e. The van der Waals surface area contributed by atoms with E-state index < -0.39 is 0 Å². The highest BCUT2D eigenvalue weighted by molar-refractivity contribution is 5.87. The molecule has 1 fully saturated rings. The third-order valence-electron chi connectivity index (χ3n) is 4.88. The molecule has 26 heavy (non-hydrogen) atoms. The molecule has 0 aliphatic heterocycles. The van der Waals surface area contributed by atoms with Gasteiger partial charge in [0.05, 0.1) is 6.21 Å². The van der Waals surface area contributed by atoms with Crippen molar-refractivity contribution in [2.24, 2.45) is 11.0 Å². The van der Waals surface area contributed by atoms with Crippen LogP contribution in [0.2, 0.25) is 0 Å². The second kappa shape index (κ2) is 8.04. The normalized spacial score (nSPS) is 18.7. The van der Waals surface area contributed by atoms with E-state index in [-0.39, 0.29) is 23.5 Å². The van der Waals surface area contributed by atoms with Crippen LogP contribution in [-0.4, -0.2) is 30.3 Å². The lowest BCUT2D eigenvalue weighted by atomic mass is 10.1. The van der Waals surface area contributed by atoms with Crippen molar-refractivity contribution in [2.45, 2.75) is 26.2 Å². The van der Waals surface area contributed by atoms with Crippen molar-refractivity contribution >= 4 is 17.8 Å². The van der Waals surface area contributed by atoms with Crippen molar-refractivity contribution in [3.05, 3.63) is 59.7 Å². The first-order valence-electron chi connectivity index (χ1n) is 9.09. The molecule has 0 bridgehead atoms. The van der Waals surface area contributed by atoms with Gasteiger partial charge in [-0.15, -0.1) is 0 Å². The van der Waals surface area contributed by atoms with Gasteiger partial charge in [-0.1, -0.05) is 30.3 Å². The van der Waals surface area contributed by atoms with Gasteiger partial charge in [0.2, 0.25) is 5.91 Å². The molecule has 5 heteroatoms. The van der Waals surface area contributed by atoms with Gasteiger partial charge in [-0.3, -0.25) is 4.79 Å². The summed E-state index contributed by atoms with van der Waals surface area (Å²) in [4.78, 5) is 14.3. The van der Waals surface area contributed by atoms with Crippen LogP contribution in [0.25, 0.3) is 0 Å². The molecule has 0 unspecified atom stereocenters. The topological polar surface area (TPSA) is 64.9 Å². The predicted octanol–water partition coefficient (Wildman–Crippen LogP) is 3.49. The number of phenolic OH excluding ortho intramolecular Hbond substituents is 1. The fraction of sp³-hybridized carbons (Fsp3) is 0.333. The first-order chi connectivity index (χ1) is 12.6. The van der Waals surface area contributed by atoms with Crippen LogP contribution in [0, 0.1) is 5.92 Å². The van der Waals surface area contributed by atoms with E-state index in [1.807, 2.05) is 30.3 Å². The van der Waals surface area contributed by atoms with Crippen molar-refractivity contribution < 1.29 is 9.90 Å². The Morgan fingerprint density at radius 1 is 1.23 bits per heavy atom.